The van der Waals surface area contributed by atoms with E-state index in [2.05, 4.69) is 10.3 Å². The fourth-order valence-corrected chi connectivity index (χ4v) is 2.72. The Bertz CT molecular complexity index is 406. The molecule has 1 aromatic heterocycles. The van der Waals surface area contributed by atoms with Crippen molar-refractivity contribution in [3.63, 3.8) is 0 Å². The summed E-state index contributed by atoms with van der Waals surface area (Å²) >= 11 is 1.81. The molecule has 1 N–H and O–H groups in total. The van der Waals surface area contributed by atoms with Gasteiger partial charge in [0, 0.05) is 29.8 Å². The van der Waals surface area contributed by atoms with Crippen molar-refractivity contribution < 1.29 is 9.53 Å². The van der Waals surface area contributed by atoms with Crippen molar-refractivity contribution in [2.75, 3.05) is 24.7 Å². The highest BCUT2D eigenvalue weighted by Crippen LogP contribution is 2.16. The average Bonchev–Trinajstić information content (AvgIpc) is 2.45. The van der Waals surface area contributed by atoms with E-state index in [9.17, 15) is 4.79 Å². The fraction of sp³-hybridized carbons (Fsp3) is 0.538. The van der Waals surface area contributed by atoms with Crippen LogP contribution in [0.1, 0.15) is 23.7 Å². The Morgan fingerprint density at radius 2 is 2.50 bits per heavy atom. The molecule has 0 radical (unpaired) electrons. The van der Waals surface area contributed by atoms with Crippen molar-refractivity contribution in [3.05, 3.63) is 24.0 Å². The minimum absolute atomic E-state index is 0.0908. The van der Waals surface area contributed by atoms with Crippen LogP contribution in [0.15, 0.2) is 18.5 Å². The lowest BCUT2D eigenvalue weighted by Gasteiger charge is -2.21. The number of hydrogen-bond donors (Lipinski definition) is 1. The van der Waals surface area contributed by atoms with E-state index in [1.807, 2.05) is 18.7 Å². The second-order valence-electron chi connectivity index (χ2n) is 4.20. The van der Waals surface area contributed by atoms with Crippen LogP contribution in [-0.2, 0) is 0 Å². The van der Waals surface area contributed by atoms with Crippen molar-refractivity contribution in [1.29, 1.82) is 0 Å². The Morgan fingerprint density at radius 1 is 1.61 bits per heavy atom. The summed E-state index contributed by atoms with van der Waals surface area (Å²) in [5, 5.41) is 3.24. The first-order valence-electron chi connectivity index (χ1n) is 6.24. The summed E-state index contributed by atoms with van der Waals surface area (Å²) in [6, 6.07) is 1.69. The van der Waals surface area contributed by atoms with E-state index >= 15 is 0 Å². The van der Waals surface area contributed by atoms with Crippen molar-refractivity contribution in [1.82, 2.24) is 10.3 Å². The van der Waals surface area contributed by atoms with E-state index in [1.54, 1.807) is 18.5 Å². The van der Waals surface area contributed by atoms with E-state index in [1.165, 1.54) is 0 Å². The number of pyridine rings is 1. The molecule has 0 saturated carbocycles. The second kappa shape index (κ2) is 6.75. The first kappa shape index (κ1) is 13.4. The Hall–Kier alpha value is -1.07. The van der Waals surface area contributed by atoms with Gasteiger partial charge < -0.3 is 10.1 Å². The maximum atomic E-state index is 12.3. The van der Waals surface area contributed by atoms with Crippen LogP contribution < -0.4 is 10.1 Å². The molecule has 1 atom stereocenters. The van der Waals surface area contributed by atoms with Crippen molar-refractivity contribution >= 4 is 17.5 Å². The molecule has 18 heavy (non-hydrogen) atoms. The van der Waals surface area contributed by atoms with Gasteiger partial charge in [0.2, 0.25) is 0 Å². The number of rotatable bonds is 5. The summed E-state index contributed by atoms with van der Waals surface area (Å²) in [5.74, 6) is 2.68. The summed E-state index contributed by atoms with van der Waals surface area (Å²) in [5.41, 5.74) is 0.628. The summed E-state index contributed by atoms with van der Waals surface area (Å²) in [6.07, 6.45) is 4.20. The smallest absolute Gasteiger partial charge is 0.182 e. The number of thioether (sulfide) groups is 1. The Balaban J connectivity index is 2.04. The van der Waals surface area contributed by atoms with E-state index in [-0.39, 0.29) is 11.8 Å². The van der Waals surface area contributed by atoms with Gasteiger partial charge in [-0.2, -0.15) is 11.8 Å². The van der Waals surface area contributed by atoms with Crippen LogP contribution in [0, 0.1) is 0 Å². The number of ether oxygens (including phenoxy) is 1. The molecule has 2 rings (SSSR count). The van der Waals surface area contributed by atoms with Gasteiger partial charge >= 0.3 is 0 Å². The average molecular weight is 266 g/mol. The molecule has 0 aliphatic carbocycles. The Morgan fingerprint density at radius 3 is 3.22 bits per heavy atom. The molecule has 1 aliphatic heterocycles. The lowest BCUT2D eigenvalue weighted by molar-refractivity contribution is 0.0952. The molecule has 1 aromatic rings. The molecule has 0 amide bonds. The summed E-state index contributed by atoms with van der Waals surface area (Å²) in [7, 11) is 0. The summed E-state index contributed by atoms with van der Waals surface area (Å²) < 4.78 is 5.49. The van der Waals surface area contributed by atoms with Gasteiger partial charge in [0.25, 0.3) is 0 Å². The number of carbonyl (C=O) groups is 1. The highest BCUT2D eigenvalue weighted by Gasteiger charge is 2.22. The number of Topliss-reactive ketones (excluding diaryl/α,β-unsaturated/α-hetero) is 1. The lowest BCUT2D eigenvalue weighted by Crippen LogP contribution is -2.43. The largest absolute Gasteiger partial charge is 0.492 e. The van der Waals surface area contributed by atoms with Crippen LogP contribution in [-0.4, -0.2) is 41.5 Å². The molecule has 4 nitrogen and oxygen atoms in total. The number of nitrogens with one attached hydrogen (secondary N) is 1. The molecule has 1 aliphatic rings. The molecule has 2 heterocycles. The minimum atomic E-state index is -0.0908. The van der Waals surface area contributed by atoms with Gasteiger partial charge in [-0.05, 0) is 12.5 Å². The molecule has 0 aromatic carbocycles. The van der Waals surface area contributed by atoms with Crippen molar-refractivity contribution in [2.45, 2.75) is 19.4 Å². The van der Waals surface area contributed by atoms with E-state index in [4.69, 9.17) is 4.74 Å². The monoisotopic (exact) mass is 266 g/mol. The predicted octanol–water partition coefficient (Wildman–Crippen LogP) is 1.76. The molecule has 5 heteroatoms. The van der Waals surface area contributed by atoms with Crippen LogP contribution >= 0.6 is 11.8 Å². The molecular weight excluding hydrogens is 248 g/mol. The molecular formula is C13H18N2O2S. The van der Waals surface area contributed by atoms with Gasteiger partial charge in [-0.25, -0.2) is 0 Å². The first-order chi connectivity index (χ1) is 8.81. The van der Waals surface area contributed by atoms with Gasteiger partial charge in [-0.15, -0.1) is 0 Å². The predicted molar refractivity (Wildman–Crippen MR) is 73.5 cm³/mol. The maximum Gasteiger partial charge on any atom is 0.182 e. The zero-order chi connectivity index (χ0) is 12.8. The summed E-state index contributed by atoms with van der Waals surface area (Å²) in [6.45, 7) is 3.59. The second-order valence-corrected chi connectivity index (χ2v) is 5.35. The van der Waals surface area contributed by atoms with Crippen molar-refractivity contribution in [3.8, 4) is 5.75 Å². The van der Waals surface area contributed by atoms with Crippen LogP contribution in [0.25, 0.3) is 0 Å². The lowest BCUT2D eigenvalue weighted by atomic mass is 10.1. The topological polar surface area (TPSA) is 51.2 Å². The van der Waals surface area contributed by atoms with Gasteiger partial charge in [-0.1, -0.05) is 6.92 Å². The standard InChI is InChI=1S/C13H18N2O2S/c1-2-4-17-11-6-10(7-14-8-11)13(16)12-9-18-5-3-15-12/h6-8,12,15H,2-5,9H2,1H3. The van der Waals surface area contributed by atoms with Crippen LogP contribution in [0.3, 0.4) is 0 Å². The minimum Gasteiger partial charge on any atom is -0.492 e. The highest BCUT2D eigenvalue weighted by atomic mass is 32.2. The third-order valence-corrected chi connectivity index (χ3v) is 3.77. The van der Waals surface area contributed by atoms with Crippen molar-refractivity contribution in [2.24, 2.45) is 0 Å². The van der Waals surface area contributed by atoms with Crippen LogP contribution in [0.5, 0.6) is 5.75 Å². The van der Waals surface area contributed by atoms with E-state index in [0.717, 1.165) is 24.5 Å². The third-order valence-electron chi connectivity index (χ3n) is 2.71. The van der Waals surface area contributed by atoms with Crippen LogP contribution in [0.4, 0.5) is 0 Å². The van der Waals surface area contributed by atoms with E-state index < -0.39 is 0 Å². The Labute approximate surface area is 112 Å². The van der Waals surface area contributed by atoms with E-state index in [0.29, 0.717) is 17.9 Å². The number of nitrogens with zero attached hydrogens (tertiary/aromatic N) is 1. The Kier molecular flexibility index (Phi) is 5.01. The van der Waals surface area contributed by atoms with Gasteiger partial charge in [0.05, 0.1) is 18.8 Å². The first-order valence-corrected chi connectivity index (χ1v) is 7.40. The molecule has 98 valence electrons. The SMILES string of the molecule is CCCOc1cncc(C(=O)C2CSCCN2)c1. The normalized spacial score (nSPS) is 19.5. The maximum absolute atomic E-state index is 12.3. The number of hydrogen-bond acceptors (Lipinski definition) is 5. The number of carbonyl (C=O) groups excluding carboxylic acids is 1. The van der Waals surface area contributed by atoms with Gasteiger partial charge in [0.1, 0.15) is 5.75 Å². The zero-order valence-corrected chi connectivity index (χ0v) is 11.3. The molecule has 0 bridgehead atoms. The molecule has 1 saturated heterocycles. The molecule has 1 fully saturated rings. The molecule has 0 spiro atoms. The van der Waals surface area contributed by atoms with Crippen LogP contribution in [0.2, 0.25) is 0 Å². The highest BCUT2D eigenvalue weighted by molar-refractivity contribution is 7.99. The quantitative estimate of drug-likeness (QED) is 0.823. The number of aromatic nitrogens is 1. The summed E-state index contributed by atoms with van der Waals surface area (Å²) in [4.78, 5) is 16.3. The van der Waals surface area contributed by atoms with Gasteiger partial charge in [-0.3, -0.25) is 9.78 Å². The fourth-order valence-electron chi connectivity index (χ4n) is 1.79. The third kappa shape index (κ3) is 3.46. The zero-order valence-electron chi connectivity index (χ0n) is 10.5. The van der Waals surface area contributed by atoms with Gasteiger partial charge in [0.15, 0.2) is 5.78 Å². The number of ketones is 1. The molecule has 1 unspecified atom stereocenters.